The quantitative estimate of drug-likeness (QED) is 0.861. The Morgan fingerprint density at radius 3 is 3.00 bits per heavy atom. The number of likely N-dealkylation sites (N-methyl/N-ethyl adjacent to an activating group) is 2. The highest BCUT2D eigenvalue weighted by atomic mass is 79.9. The summed E-state index contributed by atoms with van der Waals surface area (Å²) in [7, 11) is 4.30. The molecule has 1 N–H and O–H groups in total. The molecule has 0 aromatic carbocycles. The Labute approximate surface area is 129 Å². The van der Waals surface area contributed by atoms with Crippen LogP contribution >= 0.6 is 15.9 Å². The van der Waals surface area contributed by atoms with Crippen molar-refractivity contribution >= 4 is 27.7 Å². The molecule has 0 bridgehead atoms. The van der Waals surface area contributed by atoms with Crippen LogP contribution in [0.1, 0.15) is 26.2 Å². The fourth-order valence-electron chi connectivity index (χ4n) is 2.56. The van der Waals surface area contributed by atoms with Crippen LogP contribution in [0.15, 0.2) is 10.7 Å². The van der Waals surface area contributed by atoms with Gasteiger partial charge in [-0.1, -0.05) is 6.92 Å². The van der Waals surface area contributed by atoms with E-state index in [-0.39, 0.29) is 0 Å². The van der Waals surface area contributed by atoms with E-state index >= 15 is 0 Å². The fourth-order valence-corrected chi connectivity index (χ4v) is 3.05. The van der Waals surface area contributed by atoms with Gasteiger partial charge in [-0.3, -0.25) is 0 Å². The summed E-state index contributed by atoms with van der Waals surface area (Å²) in [6.45, 7) is 5.23. The highest BCUT2D eigenvalue weighted by Gasteiger charge is 2.23. The van der Waals surface area contributed by atoms with Crippen LogP contribution in [0.3, 0.4) is 0 Å². The van der Waals surface area contributed by atoms with Crippen LogP contribution in [0.5, 0.6) is 0 Å². The van der Waals surface area contributed by atoms with Crippen molar-refractivity contribution in [3.8, 4) is 0 Å². The highest BCUT2D eigenvalue weighted by Crippen LogP contribution is 2.25. The molecular formula is C14H24BrN5. The second-order valence-corrected chi connectivity index (χ2v) is 6.30. The molecular weight excluding hydrogens is 318 g/mol. The molecule has 5 nitrogen and oxygen atoms in total. The summed E-state index contributed by atoms with van der Waals surface area (Å²) in [5, 5.41) is 3.24. The van der Waals surface area contributed by atoms with Gasteiger partial charge in [-0.15, -0.1) is 0 Å². The molecule has 1 atom stereocenters. The first kappa shape index (κ1) is 15.5. The van der Waals surface area contributed by atoms with Gasteiger partial charge in [0.25, 0.3) is 0 Å². The Bertz CT molecular complexity index is 440. The fraction of sp³-hybridized carbons (Fsp3) is 0.714. The third kappa shape index (κ3) is 3.82. The predicted molar refractivity (Wildman–Crippen MR) is 87.4 cm³/mol. The Kier molecular flexibility index (Phi) is 5.60. The molecule has 0 spiro atoms. The van der Waals surface area contributed by atoms with Crippen LogP contribution in [-0.4, -0.2) is 54.6 Å². The minimum Gasteiger partial charge on any atom is -0.357 e. The van der Waals surface area contributed by atoms with E-state index < -0.39 is 0 Å². The maximum absolute atomic E-state index is 4.62. The third-order valence-electron chi connectivity index (χ3n) is 3.78. The summed E-state index contributed by atoms with van der Waals surface area (Å²) < 4.78 is 0.947. The lowest BCUT2D eigenvalue weighted by Crippen LogP contribution is -2.37. The zero-order chi connectivity index (χ0) is 14.5. The van der Waals surface area contributed by atoms with E-state index in [0.29, 0.717) is 12.0 Å². The molecule has 2 heterocycles. The van der Waals surface area contributed by atoms with Gasteiger partial charge in [0, 0.05) is 32.4 Å². The van der Waals surface area contributed by atoms with Crippen molar-refractivity contribution in [2.24, 2.45) is 0 Å². The lowest BCUT2D eigenvalue weighted by molar-refractivity contribution is 0.314. The van der Waals surface area contributed by atoms with Crippen molar-refractivity contribution in [3.05, 3.63) is 10.7 Å². The number of hydrogen-bond donors (Lipinski definition) is 1. The summed E-state index contributed by atoms with van der Waals surface area (Å²) in [6, 6.07) is 0.619. The van der Waals surface area contributed by atoms with Crippen LogP contribution < -0.4 is 10.2 Å². The number of nitrogens with one attached hydrogen (secondary N) is 1. The number of halogens is 1. The standard InChI is InChI=1S/C14H24BrN5/c1-4-7-16-14-17-9-12(15)13(18-14)20(3)10-11-6-5-8-19(11)2/h9,11H,4-8,10H2,1-3H3,(H,16,17,18). The van der Waals surface area contributed by atoms with E-state index in [0.717, 1.165) is 29.8 Å². The second-order valence-electron chi connectivity index (χ2n) is 5.45. The normalized spacial score (nSPS) is 19.3. The number of rotatable bonds is 6. The van der Waals surface area contributed by atoms with Gasteiger partial charge in [0.2, 0.25) is 5.95 Å². The molecule has 0 amide bonds. The van der Waals surface area contributed by atoms with E-state index in [9.17, 15) is 0 Å². The Morgan fingerprint density at radius 1 is 1.55 bits per heavy atom. The van der Waals surface area contributed by atoms with Gasteiger partial charge in [-0.2, -0.15) is 4.98 Å². The second kappa shape index (κ2) is 7.22. The zero-order valence-corrected chi connectivity index (χ0v) is 14.2. The summed E-state index contributed by atoms with van der Waals surface area (Å²) >= 11 is 3.56. The first-order valence-corrected chi connectivity index (χ1v) is 8.09. The van der Waals surface area contributed by atoms with E-state index in [2.05, 4.69) is 62.0 Å². The van der Waals surface area contributed by atoms with E-state index in [1.807, 2.05) is 6.20 Å². The number of anilines is 2. The number of nitrogens with zero attached hydrogens (tertiary/aromatic N) is 4. The van der Waals surface area contributed by atoms with Crippen molar-refractivity contribution in [1.82, 2.24) is 14.9 Å². The largest absolute Gasteiger partial charge is 0.357 e. The Balaban J connectivity index is 2.05. The molecule has 1 fully saturated rings. The topological polar surface area (TPSA) is 44.3 Å². The number of aromatic nitrogens is 2. The molecule has 0 aliphatic carbocycles. The lowest BCUT2D eigenvalue weighted by atomic mass is 10.2. The van der Waals surface area contributed by atoms with Crippen LogP contribution in [0.4, 0.5) is 11.8 Å². The first-order chi connectivity index (χ1) is 9.61. The highest BCUT2D eigenvalue weighted by molar-refractivity contribution is 9.10. The average molecular weight is 342 g/mol. The molecule has 1 aliphatic heterocycles. The third-order valence-corrected chi connectivity index (χ3v) is 4.34. The Morgan fingerprint density at radius 2 is 2.35 bits per heavy atom. The lowest BCUT2D eigenvalue weighted by Gasteiger charge is -2.27. The van der Waals surface area contributed by atoms with Crippen molar-refractivity contribution < 1.29 is 0 Å². The molecule has 112 valence electrons. The molecule has 2 rings (SSSR count). The monoisotopic (exact) mass is 341 g/mol. The van der Waals surface area contributed by atoms with E-state index in [1.54, 1.807) is 0 Å². The van der Waals surface area contributed by atoms with Gasteiger partial charge in [-0.05, 0) is 48.8 Å². The van der Waals surface area contributed by atoms with E-state index in [1.165, 1.54) is 19.4 Å². The number of hydrogen-bond acceptors (Lipinski definition) is 5. The molecule has 1 unspecified atom stereocenters. The minimum absolute atomic E-state index is 0.619. The molecule has 1 saturated heterocycles. The molecule has 20 heavy (non-hydrogen) atoms. The summed E-state index contributed by atoms with van der Waals surface area (Å²) in [5.41, 5.74) is 0. The van der Waals surface area contributed by atoms with Crippen molar-refractivity contribution in [2.75, 3.05) is 43.9 Å². The van der Waals surface area contributed by atoms with Crippen LogP contribution in [0.2, 0.25) is 0 Å². The summed E-state index contributed by atoms with van der Waals surface area (Å²) in [4.78, 5) is 13.6. The minimum atomic E-state index is 0.619. The van der Waals surface area contributed by atoms with Gasteiger partial charge < -0.3 is 15.1 Å². The first-order valence-electron chi connectivity index (χ1n) is 7.29. The van der Waals surface area contributed by atoms with Crippen molar-refractivity contribution in [2.45, 2.75) is 32.2 Å². The SMILES string of the molecule is CCCNc1ncc(Br)c(N(C)CC2CCCN2C)n1. The van der Waals surface area contributed by atoms with Crippen LogP contribution in [0, 0.1) is 0 Å². The number of likely N-dealkylation sites (tertiary alicyclic amines) is 1. The Hall–Kier alpha value is -0.880. The van der Waals surface area contributed by atoms with Gasteiger partial charge in [0.15, 0.2) is 0 Å². The molecule has 1 aromatic heterocycles. The van der Waals surface area contributed by atoms with Crippen molar-refractivity contribution in [1.29, 1.82) is 0 Å². The summed E-state index contributed by atoms with van der Waals surface area (Å²) in [6.07, 6.45) is 5.46. The smallest absolute Gasteiger partial charge is 0.224 e. The van der Waals surface area contributed by atoms with Crippen LogP contribution in [-0.2, 0) is 0 Å². The van der Waals surface area contributed by atoms with Crippen molar-refractivity contribution in [3.63, 3.8) is 0 Å². The average Bonchev–Trinajstić information content (AvgIpc) is 2.83. The maximum atomic E-state index is 4.62. The van der Waals surface area contributed by atoms with Gasteiger partial charge >= 0.3 is 0 Å². The maximum Gasteiger partial charge on any atom is 0.224 e. The van der Waals surface area contributed by atoms with Gasteiger partial charge in [-0.25, -0.2) is 4.98 Å². The van der Waals surface area contributed by atoms with Gasteiger partial charge in [0.05, 0.1) is 4.47 Å². The summed E-state index contributed by atoms with van der Waals surface area (Å²) in [5.74, 6) is 1.66. The molecule has 0 radical (unpaired) electrons. The molecule has 6 heteroatoms. The van der Waals surface area contributed by atoms with Crippen LogP contribution in [0.25, 0.3) is 0 Å². The predicted octanol–water partition coefficient (Wildman–Crippen LogP) is 2.59. The molecule has 1 aliphatic rings. The zero-order valence-electron chi connectivity index (χ0n) is 12.6. The van der Waals surface area contributed by atoms with Gasteiger partial charge in [0.1, 0.15) is 5.82 Å². The van der Waals surface area contributed by atoms with E-state index in [4.69, 9.17) is 0 Å². The molecule has 0 saturated carbocycles. The molecule has 1 aromatic rings.